The van der Waals surface area contributed by atoms with Crippen LogP contribution in [0.25, 0.3) is 0 Å². The molecule has 3 rings (SSSR count). The monoisotopic (exact) mass is 367 g/mol. The van der Waals surface area contributed by atoms with Gasteiger partial charge in [0.15, 0.2) is 11.6 Å². The van der Waals surface area contributed by atoms with Crippen LogP contribution in [-0.4, -0.2) is 26.7 Å². The molecule has 0 aliphatic rings. The Bertz CT molecular complexity index is 904. The van der Waals surface area contributed by atoms with Crippen molar-refractivity contribution in [3.63, 3.8) is 0 Å². The molecule has 0 bridgehead atoms. The molecule has 0 radical (unpaired) electrons. The first kappa shape index (κ1) is 18.2. The zero-order chi connectivity index (χ0) is 18.5. The number of hydrogen-bond acceptors (Lipinski definition) is 5. The van der Waals surface area contributed by atoms with Gasteiger partial charge in [0, 0.05) is 5.56 Å². The van der Waals surface area contributed by atoms with Gasteiger partial charge in [0.1, 0.15) is 12.4 Å². The predicted octanol–water partition coefficient (Wildman–Crippen LogP) is 4.28. The van der Waals surface area contributed by atoms with Crippen molar-refractivity contribution in [2.75, 3.05) is 5.75 Å². The fourth-order valence-electron chi connectivity index (χ4n) is 2.53. The largest absolute Gasteiger partial charge is 0.486 e. The van der Waals surface area contributed by atoms with Crippen molar-refractivity contribution < 1.29 is 9.53 Å². The van der Waals surface area contributed by atoms with Crippen LogP contribution in [-0.2, 0) is 6.61 Å². The van der Waals surface area contributed by atoms with E-state index < -0.39 is 0 Å². The molecule has 3 aromatic rings. The van der Waals surface area contributed by atoms with Crippen LogP contribution in [0.3, 0.4) is 0 Å². The number of aromatic nitrogens is 3. The summed E-state index contributed by atoms with van der Waals surface area (Å²) in [6.45, 7) is 6.31. The van der Waals surface area contributed by atoms with E-state index in [1.54, 1.807) is 0 Å². The minimum absolute atomic E-state index is 0.0785. The van der Waals surface area contributed by atoms with E-state index in [-0.39, 0.29) is 5.78 Å². The molecule has 0 unspecified atom stereocenters. The number of Topliss-reactive ketones (excluding diaryl/α,β-unsaturated/α-hetero) is 1. The Kier molecular flexibility index (Phi) is 5.73. The van der Waals surface area contributed by atoms with Crippen molar-refractivity contribution in [1.82, 2.24) is 15.2 Å². The fourth-order valence-corrected chi connectivity index (χ4v) is 3.23. The fraction of sp³-hybridized carbons (Fsp3) is 0.250. The molecule has 0 aliphatic heterocycles. The summed E-state index contributed by atoms with van der Waals surface area (Å²) in [6, 6.07) is 13.7. The lowest BCUT2D eigenvalue weighted by Crippen LogP contribution is -2.05. The van der Waals surface area contributed by atoms with Crippen molar-refractivity contribution in [1.29, 1.82) is 0 Å². The summed E-state index contributed by atoms with van der Waals surface area (Å²) in [7, 11) is 0. The van der Waals surface area contributed by atoms with Gasteiger partial charge in [0.25, 0.3) is 0 Å². The Balaban J connectivity index is 1.53. The van der Waals surface area contributed by atoms with Crippen LogP contribution in [0.2, 0.25) is 0 Å². The quantitative estimate of drug-likeness (QED) is 0.498. The Labute approximate surface area is 157 Å². The van der Waals surface area contributed by atoms with Gasteiger partial charge in [0.05, 0.1) is 5.75 Å². The lowest BCUT2D eigenvalue weighted by molar-refractivity contribution is 0.102. The lowest BCUT2D eigenvalue weighted by atomic mass is 10.0. The Hall–Kier alpha value is -2.60. The van der Waals surface area contributed by atoms with Crippen LogP contribution < -0.4 is 4.74 Å². The lowest BCUT2D eigenvalue weighted by Gasteiger charge is -2.05. The highest BCUT2D eigenvalue weighted by atomic mass is 32.2. The minimum Gasteiger partial charge on any atom is -0.486 e. The van der Waals surface area contributed by atoms with Crippen LogP contribution >= 0.6 is 11.8 Å². The molecule has 0 amide bonds. The van der Waals surface area contributed by atoms with Crippen molar-refractivity contribution in [2.24, 2.45) is 0 Å². The van der Waals surface area contributed by atoms with Crippen LogP contribution in [0.5, 0.6) is 5.75 Å². The molecule has 5 nitrogen and oxygen atoms in total. The van der Waals surface area contributed by atoms with E-state index in [0.29, 0.717) is 23.3 Å². The average Bonchev–Trinajstić information content (AvgIpc) is 3.07. The molecule has 0 fully saturated rings. The molecule has 0 saturated heterocycles. The number of aryl methyl sites for hydroxylation is 3. The summed E-state index contributed by atoms with van der Waals surface area (Å²) in [5, 5.41) is 7.54. The van der Waals surface area contributed by atoms with E-state index in [0.717, 1.165) is 22.4 Å². The molecule has 134 valence electrons. The molecule has 0 spiro atoms. The third-order valence-corrected chi connectivity index (χ3v) is 4.77. The first-order valence-corrected chi connectivity index (χ1v) is 9.34. The Morgan fingerprint density at radius 1 is 1.08 bits per heavy atom. The third-order valence-electron chi connectivity index (χ3n) is 3.92. The van der Waals surface area contributed by atoms with Gasteiger partial charge in [0.2, 0.25) is 5.16 Å². The van der Waals surface area contributed by atoms with E-state index in [4.69, 9.17) is 4.74 Å². The van der Waals surface area contributed by atoms with Gasteiger partial charge >= 0.3 is 0 Å². The zero-order valence-electron chi connectivity index (χ0n) is 15.1. The number of hydrogen-bond donors (Lipinski definition) is 1. The second-order valence-corrected chi connectivity index (χ2v) is 7.14. The standard InChI is InChI=1S/C20H21N3O2S/c1-13-4-7-16(8-5-13)25-11-19-21-20(23-22-19)26-12-18(24)17-9-6-14(2)10-15(17)3/h4-10H,11-12H2,1-3H3,(H,21,22,23). The molecule has 0 saturated carbocycles. The van der Waals surface area contributed by atoms with Gasteiger partial charge < -0.3 is 4.74 Å². The number of nitrogens with one attached hydrogen (secondary N) is 1. The van der Waals surface area contributed by atoms with Crippen LogP contribution in [0.1, 0.15) is 32.9 Å². The highest BCUT2D eigenvalue weighted by Crippen LogP contribution is 2.18. The molecule has 1 heterocycles. The Morgan fingerprint density at radius 3 is 2.54 bits per heavy atom. The topological polar surface area (TPSA) is 67.9 Å². The SMILES string of the molecule is Cc1ccc(OCc2nc(SCC(=O)c3ccc(C)cc3C)n[nH]2)cc1. The number of carbonyl (C=O) groups is 1. The molecule has 0 aliphatic carbocycles. The highest BCUT2D eigenvalue weighted by molar-refractivity contribution is 7.99. The number of carbonyl (C=O) groups excluding carboxylic acids is 1. The summed E-state index contributed by atoms with van der Waals surface area (Å²) < 4.78 is 5.67. The highest BCUT2D eigenvalue weighted by Gasteiger charge is 2.12. The summed E-state index contributed by atoms with van der Waals surface area (Å²) >= 11 is 1.32. The van der Waals surface area contributed by atoms with Crippen LogP contribution in [0, 0.1) is 20.8 Å². The maximum absolute atomic E-state index is 12.4. The van der Waals surface area contributed by atoms with Crippen molar-refractivity contribution in [3.8, 4) is 5.75 Å². The van der Waals surface area contributed by atoms with Gasteiger partial charge in [-0.2, -0.15) is 0 Å². The van der Waals surface area contributed by atoms with E-state index in [1.807, 2.05) is 63.2 Å². The Morgan fingerprint density at radius 2 is 1.81 bits per heavy atom. The van der Waals surface area contributed by atoms with Gasteiger partial charge in [-0.1, -0.05) is 53.2 Å². The second kappa shape index (κ2) is 8.19. The number of rotatable bonds is 7. The average molecular weight is 367 g/mol. The molecular formula is C20H21N3O2S. The zero-order valence-corrected chi connectivity index (χ0v) is 15.9. The first-order chi connectivity index (χ1) is 12.5. The van der Waals surface area contributed by atoms with Crippen molar-refractivity contribution in [3.05, 3.63) is 70.5 Å². The maximum atomic E-state index is 12.4. The van der Waals surface area contributed by atoms with Crippen molar-refractivity contribution in [2.45, 2.75) is 32.5 Å². The molecule has 1 N–H and O–H groups in total. The van der Waals surface area contributed by atoms with Gasteiger partial charge in [-0.25, -0.2) is 4.98 Å². The number of aromatic amines is 1. The molecule has 6 heteroatoms. The number of H-pyrrole nitrogens is 1. The molecular weight excluding hydrogens is 346 g/mol. The van der Waals surface area contributed by atoms with Crippen molar-refractivity contribution >= 4 is 17.5 Å². The number of nitrogens with zero attached hydrogens (tertiary/aromatic N) is 2. The number of ketones is 1. The summed E-state index contributed by atoms with van der Waals surface area (Å²) in [5.41, 5.74) is 4.09. The van der Waals surface area contributed by atoms with Gasteiger partial charge in [-0.15, -0.1) is 5.10 Å². The van der Waals surface area contributed by atoms with Crippen LogP contribution in [0.15, 0.2) is 47.6 Å². The van der Waals surface area contributed by atoms with E-state index >= 15 is 0 Å². The normalized spacial score (nSPS) is 10.7. The number of thioether (sulfide) groups is 1. The summed E-state index contributed by atoms with van der Waals surface area (Å²) in [4.78, 5) is 16.7. The summed E-state index contributed by atoms with van der Waals surface area (Å²) in [5.74, 6) is 1.80. The van der Waals surface area contributed by atoms with E-state index in [2.05, 4.69) is 15.2 Å². The van der Waals surface area contributed by atoms with Crippen LogP contribution in [0.4, 0.5) is 0 Å². The minimum atomic E-state index is 0.0785. The van der Waals surface area contributed by atoms with E-state index in [9.17, 15) is 4.79 Å². The smallest absolute Gasteiger partial charge is 0.208 e. The first-order valence-electron chi connectivity index (χ1n) is 8.35. The van der Waals surface area contributed by atoms with E-state index in [1.165, 1.54) is 17.3 Å². The molecule has 2 aromatic carbocycles. The number of ether oxygens (including phenoxy) is 1. The molecule has 1 aromatic heterocycles. The second-order valence-electron chi connectivity index (χ2n) is 6.20. The number of benzene rings is 2. The molecule has 26 heavy (non-hydrogen) atoms. The maximum Gasteiger partial charge on any atom is 0.208 e. The third kappa shape index (κ3) is 4.73. The molecule has 0 atom stereocenters. The summed E-state index contributed by atoms with van der Waals surface area (Å²) in [6.07, 6.45) is 0. The van der Waals surface area contributed by atoms with Gasteiger partial charge in [-0.3, -0.25) is 9.89 Å². The predicted molar refractivity (Wildman–Crippen MR) is 103 cm³/mol. The van der Waals surface area contributed by atoms with Gasteiger partial charge in [-0.05, 0) is 38.5 Å².